The van der Waals surface area contributed by atoms with Crippen LogP contribution in [-0.2, 0) is 22.7 Å². The molecule has 1 N–H and O–H groups in total. The zero-order valence-corrected chi connectivity index (χ0v) is 23.4. The molecule has 2 aromatic carbocycles. The van der Waals surface area contributed by atoms with E-state index in [1.54, 1.807) is 0 Å². The lowest BCUT2D eigenvalue weighted by molar-refractivity contribution is 0.121. The number of aliphatic hydroxyl groups is 1. The van der Waals surface area contributed by atoms with E-state index in [1.807, 2.05) is 70.5 Å². The van der Waals surface area contributed by atoms with E-state index >= 15 is 0 Å². The first kappa shape index (κ1) is 30.0. The molecule has 4 aromatic rings. The first-order chi connectivity index (χ1) is 20.2. The summed E-state index contributed by atoms with van der Waals surface area (Å²) in [5.41, 5.74) is 2.06. The molecule has 4 heterocycles. The lowest BCUT2D eigenvalue weighted by atomic mass is 10.2. The van der Waals surface area contributed by atoms with Crippen LogP contribution >= 0.6 is 11.6 Å². The largest absolute Gasteiger partial charge is 0.472 e. The summed E-state index contributed by atoms with van der Waals surface area (Å²) in [4.78, 5) is 12.5. The Morgan fingerprint density at radius 1 is 0.707 bits per heavy atom. The zero-order valence-electron chi connectivity index (χ0n) is 22.6. The molecule has 0 unspecified atom stereocenters. The van der Waals surface area contributed by atoms with Crippen LogP contribution in [0.4, 0.5) is 11.9 Å². The summed E-state index contributed by atoms with van der Waals surface area (Å²) in [6.07, 6.45) is 2.96. The molecular weight excluding hydrogens is 548 g/mol. The molecule has 0 saturated carbocycles. The highest BCUT2D eigenvalue weighted by Crippen LogP contribution is 2.14. The SMILES string of the molecule is Clc1cnnc(N2CCOCC2)n1.OCc1ccccc1.c1ccc(COc2cnnc(N3CCOCC3)n2)cc1. The van der Waals surface area contributed by atoms with Gasteiger partial charge in [-0.1, -0.05) is 72.3 Å². The monoisotopic (exact) mass is 580 g/mol. The van der Waals surface area contributed by atoms with Gasteiger partial charge in [0, 0.05) is 26.2 Å². The highest BCUT2D eigenvalue weighted by molar-refractivity contribution is 6.29. The van der Waals surface area contributed by atoms with E-state index in [0.29, 0.717) is 56.0 Å². The number of nitrogens with zero attached hydrogens (tertiary/aromatic N) is 8. The Labute approximate surface area is 243 Å². The van der Waals surface area contributed by atoms with Crippen molar-refractivity contribution < 1.29 is 19.3 Å². The predicted octanol–water partition coefficient (Wildman–Crippen LogP) is 2.83. The zero-order chi connectivity index (χ0) is 28.5. The van der Waals surface area contributed by atoms with Crippen molar-refractivity contribution in [2.24, 2.45) is 0 Å². The summed E-state index contributed by atoms with van der Waals surface area (Å²) in [6.45, 7) is 6.56. The number of aliphatic hydroxyl groups excluding tert-OH is 1. The molecular formula is C28H33ClN8O4. The van der Waals surface area contributed by atoms with E-state index in [0.717, 1.165) is 37.3 Å². The molecule has 2 saturated heterocycles. The average Bonchev–Trinajstić information content (AvgIpc) is 3.06. The van der Waals surface area contributed by atoms with E-state index < -0.39 is 0 Å². The van der Waals surface area contributed by atoms with Crippen molar-refractivity contribution in [1.29, 1.82) is 0 Å². The highest BCUT2D eigenvalue weighted by Gasteiger charge is 2.15. The van der Waals surface area contributed by atoms with Crippen LogP contribution < -0.4 is 14.5 Å². The molecule has 2 aliphatic rings. The molecule has 216 valence electrons. The van der Waals surface area contributed by atoms with Gasteiger partial charge in [-0.15, -0.1) is 15.3 Å². The fraction of sp³-hybridized carbons (Fsp3) is 0.357. The van der Waals surface area contributed by atoms with Gasteiger partial charge in [0.25, 0.3) is 0 Å². The van der Waals surface area contributed by atoms with Gasteiger partial charge in [-0.3, -0.25) is 0 Å². The van der Waals surface area contributed by atoms with Gasteiger partial charge in [0.05, 0.1) is 39.2 Å². The van der Waals surface area contributed by atoms with Gasteiger partial charge in [-0.25, -0.2) is 0 Å². The Bertz CT molecular complexity index is 1280. The van der Waals surface area contributed by atoms with Gasteiger partial charge >= 0.3 is 0 Å². The molecule has 2 fully saturated rings. The highest BCUT2D eigenvalue weighted by atomic mass is 35.5. The normalized spacial score (nSPS) is 14.7. The summed E-state index contributed by atoms with van der Waals surface area (Å²) in [5.74, 6) is 1.67. The molecule has 0 aliphatic carbocycles. The smallest absolute Gasteiger partial charge is 0.248 e. The van der Waals surface area contributed by atoms with E-state index in [9.17, 15) is 0 Å². The summed E-state index contributed by atoms with van der Waals surface area (Å²) in [6, 6.07) is 19.5. The van der Waals surface area contributed by atoms with Gasteiger partial charge in [-0.05, 0) is 11.1 Å². The third kappa shape index (κ3) is 10.5. The number of hydrogen-bond donors (Lipinski definition) is 1. The van der Waals surface area contributed by atoms with Crippen molar-refractivity contribution in [2.75, 3.05) is 62.4 Å². The molecule has 0 atom stereocenters. The Hall–Kier alpha value is -3.97. The summed E-state index contributed by atoms with van der Waals surface area (Å²) in [7, 11) is 0. The fourth-order valence-corrected chi connectivity index (χ4v) is 3.85. The Morgan fingerprint density at radius 3 is 1.73 bits per heavy atom. The molecule has 2 aliphatic heterocycles. The van der Waals surface area contributed by atoms with Gasteiger partial charge < -0.3 is 29.1 Å². The minimum absolute atomic E-state index is 0.140. The third-order valence-corrected chi connectivity index (χ3v) is 6.07. The maximum atomic E-state index is 8.54. The number of morpholine rings is 2. The lowest BCUT2D eigenvalue weighted by Crippen LogP contribution is -2.37. The van der Waals surface area contributed by atoms with Crippen LogP contribution in [0.3, 0.4) is 0 Å². The molecule has 0 amide bonds. The standard InChI is InChI=1S/C14H16N4O2.C7H9ClN4O.C7H8O/c1-2-4-12(5-3-1)11-20-13-10-15-17-14(16-13)18-6-8-19-9-7-18;8-6-5-9-11-7(10-6)12-1-3-13-4-2-12;8-6-7-4-2-1-3-5-7/h1-5,10H,6-9,11H2;5H,1-4H2;1-5,8H,6H2. The Kier molecular flexibility index (Phi) is 12.4. The first-order valence-corrected chi connectivity index (χ1v) is 13.6. The minimum Gasteiger partial charge on any atom is -0.472 e. The van der Waals surface area contributed by atoms with Gasteiger partial charge in [0.2, 0.25) is 17.8 Å². The van der Waals surface area contributed by atoms with Crippen LogP contribution in [0.5, 0.6) is 5.88 Å². The van der Waals surface area contributed by atoms with E-state index in [-0.39, 0.29) is 6.61 Å². The van der Waals surface area contributed by atoms with Crippen LogP contribution in [-0.4, -0.2) is 88.1 Å². The van der Waals surface area contributed by atoms with Gasteiger partial charge in [0.1, 0.15) is 12.8 Å². The summed E-state index contributed by atoms with van der Waals surface area (Å²) < 4.78 is 16.2. The van der Waals surface area contributed by atoms with E-state index in [1.165, 1.54) is 12.4 Å². The minimum atomic E-state index is 0.140. The summed E-state index contributed by atoms with van der Waals surface area (Å²) in [5, 5.41) is 24.5. The second-order valence-corrected chi connectivity index (χ2v) is 9.18. The second kappa shape index (κ2) is 17.0. The van der Waals surface area contributed by atoms with Crippen LogP contribution in [0, 0.1) is 0 Å². The molecule has 6 rings (SSSR count). The molecule has 12 nitrogen and oxygen atoms in total. The molecule has 41 heavy (non-hydrogen) atoms. The fourth-order valence-electron chi connectivity index (χ4n) is 3.73. The number of rotatable bonds is 6. The van der Waals surface area contributed by atoms with E-state index in [4.69, 9.17) is 30.9 Å². The number of benzene rings is 2. The number of aromatic nitrogens is 6. The Morgan fingerprint density at radius 2 is 1.22 bits per heavy atom. The van der Waals surface area contributed by atoms with Crippen molar-refractivity contribution in [2.45, 2.75) is 13.2 Å². The first-order valence-electron chi connectivity index (χ1n) is 13.2. The topological polar surface area (TPSA) is 132 Å². The van der Waals surface area contributed by atoms with Crippen molar-refractivity contribution in [3.8, 4) is 5.88 Å². The number of ether oxygens (including phenoxy) is 3. The van der Waals surface area contributed by atoms with Gasteiger partial charge in [0.15, 0.2) is 5.15 Å². The third-order valence-electron chi connectivity index (χ3n) is 5.89. The van der Waals surface area contributed by atoms with Crippen molar-refractivity contribution >= 4 is 23.5 Å². The second-order valence-electron chi connectivity index (χ2n) is 8.79. The number of halogens is 1. The maximum Gasteiger partial charge on any atom is 0.248 e. The van der Waals surface area contributed by atoms with Crippen molar-refractivity contribution in [3.63, 3.8) is 0 Å². The molecule has 0 radical (unpaired) electrons. The van der Waals surface area contributed by atoms with Crippen LogP contribution in [0.15, 0.2) is 73.1 Å². The van der Waals surface area contributed by atoms with E-state index in [2.05, 4.69) is 30.4 Å². The molecule has 2 aromatic heterocycles. The van der Waals surface area contributed by atoms with Crippen molar-refractivity contribution in [3.05, 3.63) is 89.3 Å². The molecule has 13 heteroatoms. The number of anilines is 2. The Balaban J connectivity index is 0.000000158. The van der Waals surface area contributed by atoms with Crippen LogP contribution in [0.2, 0.25) is 5.15 Å². The average molecular weight is 581 g/mol. The van der Waals surface area contributed by atoms with Crippen LogP contribution in [0.1, 0.15) is 11.1 Å². The predicted molar refractivity (Wildman–Crippen MR) is 154 cm³/mol. The number of hydrogen-bond acceptors (Lipinski definition) is 12. The lowest BCUT2D eigenvalue weighted by Gasteiger charge is -2.26. The van der Waals surface area contributed by atoms with Crippen molar-refractivity contribution in [1.82, 2.24) is 30.4 Å². The molecule has 0 bridgehead atoms. The summed E-state index contributed by atoms with van der Waals surface area (Å²) >= 11 is 5.69. The molecule has 0 spiro atoms. The quantitative estimate of drug-likeness (QED) is 0.359. The maximum absolute atomic E-state index is 8.54. The van der Waals surface area contributed by atoms with Crippen LogP contribution in [0.25, 0.3) is 0 Å². The van der Waals surface area contributed by atoms with Gasteiger partial charge in [-0.2, -0.15) is 15.1 Å².